The Balaban J connectivity index is 1.62. The summed E-state index contributed by atoms with van der Waals surface area (Å²) < 4.78 is 5.76. The van der Waals surface area contributed by atoms with Crippen LogP contribution in [0.1, 0.15) is 37.3 Å². The molecule has 1 aliphatic rings. The molecule has 1 saturated heterocycles. The Morgan fingerprint density at radius 1 is 1.28 bits per heavy atom. The van der Waals surface area contributed by atoms with E-state index in [1.54, 1.807) is 17.5 Å². The molecule has 0 atom stereocenters. The molecule has 0 bridgehead atoms. The standard InChI is InChI=1S/C22H32N4O2S/c1-17(2)16-28-20-6-4-18(5-7-20)14-26(15-21-23-10-13-29-21)22(27)24-19-8-11-25(3)12-9-19/h4-7,10,13,17,19H,8-9,11-12,14-16H2,1-3H3,(H,24,27). The zero-order chi connectivity index (χ0) is 20.6. The summed E-state index contributed by atoms with van der Waals surface area (Å²) in [5.74, 6) is 1.36. The molecule has 1 aromatic carbocycles. The summed E-state index contributed by atoms with van der Waals surface area (Å²) in [4.78, 5) is 21.5. The Hall–Kier alpha value is -2.12. The van der Waals surface area contributed by atoms with E-state index in [1.807, 2.05) is 34.5 Å². The van der Waals surface area contributed by atoms with Gasteiger partial charge >= 0.3 is 6.03 Å². The second kappa shape index (κ2) is 10.6. The van der Waals surface area contributed by atoms with Gasteiger partial charge in [-0.05, 0) is 56.6 Å². The van der Waals surface area contributed by atoms with E-state index in [0.29, 0.717) is 25.6 Å². The number of aromatic nitrogens is 1. The second-order valence-electron chi connectivity index (χ2n) is 8.16. The first kappa shape index (κ1) is 21.6. The molecule has 2 heterocycles. The van der Waals surface area contributed by atoms with Gasteiger partial charge in [-0.25, -0.2) is 9.78 Å². The van der Waals surface area contributed by atoms with Crippen molar-refractivity contribution in [1.29, 1.82) is 0 Å². The second-order valence-corrected chi connectivity index (χ2v) is 9.14. The zero-order valence-corrected chi connectivity index (χ0v) is 18.5. The third-order valence-corrected chi connectivity index (χ3v) is 5.79. The highest BCUT2D eigenvalue weighted by Crippen LogP contribution is 2.17. The highest BCUT2D eigenvalue weighted by molar-refractivity contribution is 7.09. The lowest BCUT2D eigenvalue weighted by Gasteiger charge is -2.31. The minimum Gasteiger partial charge on any atom is -0.493 e. The number of benzene rings is 1. The summed E-state index contributed by atoms with van der Waals surface area (Å²) in [7, 11) is 2.13. The molecule has 158 valence electrons. The van der Waals surface area contributed by atoms with Crippen LogP contribution in [-0.4, -0.2) is 53.6 Å². The molecule has 3 rings (SSSR count). The van der Waals surface area contributed by atoms with E-state index in [9.17, 15) is 4.79 Å². The summed E-state index contributed by atoms with van der Waals surface area (Å²) in [6.45, 7) is 8.07. The Bertz CT molecular complexity index is 741. The van der Waals surface area contributed by atoms with Crippen LogP contribution in [0.4, 0.5) is 4.79 Å². The van der Waals surface area contributed by atoms with Crippen LogP contribution in [0.2, 0.25) is 0 Å². The maximum absolute atomic E-state index is 13.0. The number of thiazole rings is 1. The molecule has 0 saturated carbocycles. The lowest BCUT2D eigenvalue weighted by molar-refractivity contribution is 0.176. The summed E-state index contributed by atoms with van der Waals surface area (Å²) in [5.41, 5.74) is 1.08. The van der Waals surface area contributed by atoms with E-state index in [2.05, 4.69) is 36.1 Å². The van der Waals surface area contributed by atoms with Gasteiger partial charge in [-0.3, -0.25) is 0 Å². The highest BCUT2D eigenvalue weighted by Gasteiger charge is 2.22. The number of amides is 2. The molecule has 1 fully saturated rings. The fraction of sp³-hybridized carbons (Fsp3) is 0.545. The Labute approximate surface area is 177 Å². The van der Waals surface area contributed by atoms with E-state index >= 15 is 0 Å². The van der Waals surface area contributed by atoms with Crippen LogP contribution in [0.25, 0.3) is 0 Å². The normalized spacial score (nSPS) is 15.4. The molecule has 2 amide bonds. The molecule has 0 spiro atoms. The third-order valence-electron chi connectivity index (χ3n) is 5.02. The summed E-state index contributed by atoms with van der Waals surface area (Å²) in [5, 5.41) is 6.12. The van der Waals surface area contributed by atoms with E-state index in [-0.39, 0.29) is 12.1 Å². The zero-order valence-electron chi connectivity index (χ0n) is 17.6. The number of hydrogen-bond acceptors (Lipinski definition) is 5. The van der Waals surface area contributed by atoms with E-state index in [0.717, 1.165) is 42.3 Å². The minimum absolute atomic E-state index is 0.0186. The first-order valence-electron chi connectivity index (χ1n) is 10.3. The Morgan fingerprint density at radius 3 is 2.62 bits per heavy atom. The number of rotatable bonds is 8. The van der Waals surface area contributed by atoms with Gasteiger partial charge in [0.05, 0.1) is 13.2 Å². The van der Waals surface area contributed by atoms with Gasteiger partial charge in [-0.2, -0.15) is 0 Å². The summed E-state index contributed by atoms with van der Waals surface area (Å²) in [6.07, 6.45) is 3.78. The molecular weight excluding hydrogens is 384 g/mol. The van der Waals surface area contributed by atoms with Gasteiger partial charge in [0.15, 0.2) is 0 Å². The highest BCUT2D eigenvalue weighted by atomic mass is 32.1. The van der Waals surface area contributed by atoms with Gasteiger partial charge in [0.1, 0.15) is 10.8 Å². The number of hydrogen-bond donors (Lipinski definition) is 1. The van der Waals surface area contributed by atoms with Crippen molar-refractivity contribution in [3.05, 3.63) is 46.4 Å². The molecular formula is C22H32N4O2S. The molecule has 2 aromatic rings. The van der Waals surface area contributed by atoms with Crippen LogP contribution >= 0.6 is 11.3 Å². The number of likely N-dealkylation sites (tertiary alicyclic amines) is 1. The van der Waals surface area contributed by atoms with Crippen LogP contribution < -0.4 is 10.1 Å². The van der Waals surface area contributed by atoms with Gasteiger partial charge in [0.2, 0.25) is 0 Å². The summed E-state index contributed by atoms with van der Waals surface area (Å²) >= 11 is 1.58. The first-order chi connectivity index (χ1) is 14.0. The van der Waals surface area contributed by atoms with Gasteiger partial charge < -0.3 is 19.9 Å². The van der Waals surface area contributed by atoms with Crippen molar-refractivity contribution in [2.45, 2.75) is 45.8 Å². The van der Waals surface area contributed by atoms with Gasteiger partial charge in [-0.15, -0.1) is 11.3 Å². The first-order valence-corrected chi connectivity index (χ1v) is 11.2. The van der Waals surface area contributed by atoms with Crippen molar-refractivity contribution in [1.82, 2.24) is 20.1 Å². The average molecular weight is 417 g/mol. The maximum Gasteiger partial charge on any atom is 0.318 e. The number of piperidine rings is 1. The lowest BCUT2D eigenvalue weighted by atomic mass is 10.1. The van der Waals surface area contributed by atoms with Crippen LogP contribution in [0.15, 0.2) is 35.8 Å². The molecule has 0 aliphatic carbocycles. The number of urea groups is 1. The quantitative estimate of drug-likeness (QED) is 0.707. The molecule has 1 N–H and O–H groups in total. The molecule has 6 nitrogen and oxygen atoms in total. The predicted octanol–water partition coefficient (Wildman–Crippen LogP) is 3.98. The Kier molecular flexibility index (Phi) is 7.89. The molecule has 1 aromatic heterocycles. The van der Waals surface area contributed by atoms with Crippen molar-refractivity contribution in [2.24, 2.45) is 5.92 Å². The molecule has 29 heavy (non-hydrogen) atoms. The average Bonchev–Trinajstić information content (AvgIpc) is 3.22. The van der Waals surface area contributed by atoms with Crippen molar-refractivity contribution >= 4 is 17.4 Å². The SMILES string of the molecule is CC(C)COc1ccc(CN(Cc2nccs2)C(=O)NC2CCN(C)CC2)cc1. The maximum atomic E-state index is 13.0. The topological polar surface area (TPSA) is 57.7 Å². The van der Waals surface area contributed by atoms with Crippen molar-refractivity contribution in [3.8, 4) is 5.75 Å². The van der Waals surface area contributed by atoms with E-state index in [4.69, 9.17) is 4.74 Å². The third kappa shape index (κ3) is 7.01. The van der Waals surface area contributed by atoms with Crippen LogP contribution in [0, 0.1) is 5.92 Å². The number of ether oxygens (including phenoxy) is 1. The number of carbonyl (C=O) groups excluding carboxylic acids is 1. The van der Waals surface area contributed by atoms with Crippen LogP contribution in [-0.2, 0) is 13.1 Å². The Morgan fingerprint density at radius 2 is 2.00 bits per heavy atom. The van der Waals surface area contributed by atoms with E-state index in [1.165, 1.54) is 0 Å². The minimum atomic E-state index is -0.0186. The smallest absolute Gasteiger partial charge is 0.318 e. The number of nitrogens with zero attached hydrogens (tertiary/aromatic N) is 3. The molecule has 1 aliphatic heterocycles. The van der Waals surface area contributed by atoms with Gasteiger partial charge in [-0.1, -0.05) is 26.0 Å². The molecule has 7 heteroatoms. The number of nitrogens with one attached hydrogen (secondary N) is 1. The van der Waals surface area contributed by atoms with Crippen molar-refractivity contribution in [3.63, 3.8) is 0 Å². The molecule has 0 unspecified atom stereocenters. The van der Waals surface area contributed by atoms with Crippen LogP contribution in [0.5, 0.6) is 5.75 Å². The summed E-state index contributed by atoms with van der Waals surface area (Å²) in [6, 6.07) is 8.25. The fourth-order valence-electron chi connectivity index (χ4n) is 3.29. The largest absolute Gasteiger partial charge is 0.493 e. The lowest BCUT2D eigenvalue weighted by Crippen LogP contribution is -2.48. The predicted molar refractivity (Wildman–Crippen MR) is 117 cm³/mol. The van der Waals surface area contributed by atoms with Gasteiger partial charge in [0.25, 0.3) is 0 Å². The van der Waals surface area contributed by atoms with E-state index < -0.39 is 0 Å². The van der Waals surface area contributed by atoms with Crippen molar-refractivity contribution < 1.29 is 9.53 Å². The monoisotopic (exact) mass is 416 g/mol. The van der Waals surface area contributed by atoms with Crippen LogP contribution in [0.3, 0.4) is 0 Å². The fourth-order valence-corrected chi connectivity index (χ4v) is 3.92. The van der Waals surface area contributed by atoms with Gasteiger partial charge in [0, 0.05) is 24.2 Å². The van der Waals surface area contributed by atoms with Crippen molar-refractivity contribution in [2.75, 3.05) is 26.7 Å². The number of carbonyl (C=O) groups is 1. The molecule has 0 radical (unpaired) electrons.